The van der Waals surface area contributed by atoms with Crippen LogP contribution in [0.1, 0.15) is 47.5 Å². The smallest absolute Gasteiger partial charge is 0.343 e. The van der Waals surface area contributed by atoms with Gasteiger partial charge >= 0.3 is 5.97 Å². The first kappa shape index (κ1) is 17.9. The maximum atomic E-state index is 13.2. The molecule has 0 aliphatic heterocycles. The zero-order chi connectivity index (χ0) is 18.0. The van der Waals surface area contributed by atoms with Crippen LogP contribution in [0, 0.1) is 17.5 Å². The Morgan fingerprint density at radius 3 is 2.08 bits per heavy atom. The van der Waals surface area contributed by atoms with Gasteiger partial charge in [-0.15, -0.1) is 0 Å². The molecule has 0 radical (unpaired) electrons. The molecule has 1 saturated carbocycles. The van der Waals surface area contributed by atoms with Crippen molar-refractivity contribution in [2.45, 2.75) is 36.9 Å². The van der Waals surface area contributed by atoms with E-state index >= 15 is 0 Å². The van der Waals surface area contributed by atoms with Gasteiger partial charge in [0.05, 0.1) is 5.56 Å². The molecule has 3 rings (SSSR count). The predicted molar refractivity (Wildman–Crippen MR) is 91.7 cm³/mol. The molecule has 0 N–H and O–H groups in total. The van der Waals surface area contributed by atoms with Crippen molar-refractivity contribution in [2.24, 2.45) is 0 Å². The number of halogens is 3. The number of hydrogen-bond donors (Lipinski definition) is 1. The number of benzene rings is 2. The van der Waals surface area contributed by atoms with Crippen molar-refractivity contribution >= 4 is 18.6 Å². The van der Waals surface area contributed by atoms with E-state index in [1.165, 1.54) is 0 Å². The van der Waals surface area contributed by atoms with Gasteiger partial charge in [0.2, 0.25) is 0 Å². The van der Waals surface area contributed by atoms with Crippen LogP contribution in [0.25, 0.3) is 0 Å². The first-order valence-corrected chi connectivity index (χ1v) is 8.60. The number of carbonyl (C=O) groups excluding carboxylic acids is 1. The molecule has 25 heavy (non-hydrogen) atoms. The monoisotopic (exact) mass is 366 g/mol. The van der Waals surface area contributed by atoms with Gasteiger partial charge in [0, 0.05) is 17.4 Å². The molecule has 2 aromatic rings. The first-order chi connectivity index (χ1) is 11.9. The summed E-state index contributed by atoms with van der Waals surface area (Å²) in [6.45, 7) is 0. The Kier molecular flexibility index (Phi) is 5.37. The van der Waals surface area contributed by atoms with Gasteiger partial charge in [-0.2, -0.15) is 12.6 Å². The highest BCUT2D eigenvalue weighted by Crippen LogP contribution is 2.34. The number of thiol groups is 1. The molecule has 0 bridgehead atoms. The Morgan fingerprint density at radius 1 is 0.960 bits per heavy atom. The molecule has 2 nitrogen and oxygen atoms in total. The second kappa shape index (κ2) is 7.52. The van der Waals surface area contributed by atoms with E-state index < -0.39 is 23.4 Å². The van der Waals surface area contributed by atoms with Crippen molar-refractivity contribution in [1.82, 2.24) is 0 Å². The van der Waals surface area contributed by atoms with E-state index in [0.29, 0.717) is 23.3 Å². The Hall–Kier alpha value is -1.95. The fourth-order valence-corrected chi connectivity index (χ4v) is 3.36. The van der Waals surface area contributed by atoms with Gasteiger partial charge in [0.15, 0.2) is 17.5 Å². The Bertz CT molecular complexity index is 746. The minimum atomic E-state index is -1.60. The quantitative estimate of drug-likeness (QED) is 0.346. The van der Waals surface area contributed by atoms with Crippen molar-refractivity contribution < 1.29 is 22.7 Å². The normalized spacial score (nSPS) is 20.3. The molecule has 1 aliphatic carbocycles. The molecule has 132 valence electrons. The highest BCUT2D eigenvalue weighted by molar-refractivity contribution is 7.80. The van der Waals surface area contributed by atoms with Crippen LogP contribution in [0.4, 0.5) is 13.2 Å². The van der Waals surface area contributed by atoms with E-state index in [0.717, 1.165) is 31.2 Å². The molecule has 2 aromatic carbocycles. The molecule has 0 aromatic heterocycles. The van der Waals surface area contributed by atoms with E-state index in [1.54, 1.807) is 12.1 Å². The van der Waals surface area contributed by atoms with Gasteiger partial charge in [0.1, 0.15) is 5.75 Å². The summed E-state index contributed by atoms with van der Waals surface area (Å²) in [5.41, 5.74) is 1.41. The van der Waals surface area contributed by atoms with Crippen LogP contribution in [0.15, 0.2) is 36.4 Å². The number of esters is 1. The summed E-state index contributed by atoms with van der Waals surface area (Å²) >= 11 is 4.49. The van der Waals surface area contributed by atoms with E-state index in [1.807, 2.05) is 12.1 Å². The molecule has 1 aliphatic rings. The highest BCUT2D eigenvalue weighted by Gasteiger charge is 2.21. The number of rotatable bonds is 3. The SMILES string of the molecule is O=C(Oc1cc(F)c(F)c(F)c1)c1ccc(C2CCC(S)CC2)cc1. The van der Waals surface area contributed by atoms with Crippen molar-refractivity contribution in [3.63, 3.8) is 0 Å². The molecule has 0 saturated heterocycles. The van der Waals surface area contributed by atoms with Crippen molar-refractivity contribution in [3.8, 4) is 5.75 Å². The average Bonchev–Trinajstić information content (AvgIpc) is 2.60. The van der Waals surface area contributed by atoms with Crippen LogP contribution in [0.3, 0.4) is 0 Å². The fraction of sp³-hybridized carbons (Fsp3) is 0.316. The summed E-state index contributed by atoms with van der Waals surface area (Å²) in [6.07, 6.45) is 4.26. The third kappa shape index (κ3) is 4.18. The van der Waals surface area contributed by atoms with Gasteiger partial charge in [0.25, 0.3) is 0 Å². The number of carbonyl (C=O) groups is 1. The summed E-state index contributed by atoms with van der Waals surface area (Å²) < 4.78 is 44.2. The average molecular weight is 366 g/mol. The maximum Gasteiger partial charge on any atom is 0.343 e. The van der Waals surface area contributed by atoms with Crippen LogP contribution < -0.4 is 4.74 Å². The summed E-state index contributed by atoms with van der Waals surface area (Å²) in [7, 11) is 0. The lowest BCUT2D eigenvalue weighted by Crippen LogP contribution is -2.13. The second-order valence-electron chi connectivity index (χ2n) is 6.22. The molecular weight excluding hydrogens is 349 g/mol. The predicted octanol–water partition coefficient (Wildman–Crippen LogP) is 5.28. The Morgan fingerprint density at radius 2 is 1.52 bits per heavy atom. The van der Waals surface area contributed by atoms with Crippen LogP contribution in [0.2, 0.25) is 0 Å². The third-order valence-electron chi connectivity index (χ3n) is 4.48. The molecule has 0 atom stereocenters. The number of ether oxygens (including phenoxy) is 1. The summed E-state index contributed by atoms with van der Waals surface area (Å²) in [6, 6.07) is 8.26. The molecule has 1 fully saturated rings. The minimum absolute atomic E-state index is 0.261. The largest absolute Gasteiger partial charge is 0.423 e. The van der Waals surface area contributed by atoms with Crippen LogP contribution in [0.5, 0.6) is 5.75 Å². The minimum Gasteiger partial charge on any atom is -0.423 e. The van der Waals surface area contributed by atoms with Crippen LogP contribution in [-0.2, 0) is 0 Å². The molecule has 0 heterocycles. The zero-order valence-electron chi connectivity index (χ0n) is 13.3. The summed E-state index contributed by atoms with van der Waals surface area (Å²) in [4.78, 5) is 12.1. The van der Waals surface area contributed by atoms with Gasteiger partial charge < -0.3 is 4.74 Å². The summed E-state index contributed by atoms with van der Waals surface area (Å²) in [5.74, 6) is -5.08. The standard InChI is InChI=1S/C19H17F3O2S/c20-16-9-14(10-17(21)18(16)22)24-19(23)13-3-1-11(2-4-13)12-5-7-15(25)8-6-12/h1-4,9-10,12,15,25H,5-8H2. The van der Waals surface area contributed by atoms with Crippen molar-refractivity contribution in [3.05, 3.63) is 65.0 Å². The van der Waals surface area contributed by atoms with E-state index in [9.17, 15) is 18.0 Å². The van der Waals surface area contributed by atoms with Gasteiger partial charge in [-0.25, -0.2) is 18.0 Å². The van der Waals surface area contributed by atoms with E-state index in [4.69, 9.17) is 4.74 Å². The second-order valence-corrected chi connectivity index (χ2v) is 6.95. The maximum absolute atomic E-state index is 13.2. The van der Waals surface area contributed by atoms with Gasteiger partial charge in [-0.1, -0.05) is 12.1 Å². The fourth-order valence-electron chi connectivity index (χ4n) is 3.06. The molecule has 0 spiro atoms. The lowest BCUT2D eigenvalue weighted by atomic mass is 9.83. The lowest BCUT2D eigenvalue weighted by molar-refractivity contribution is 0.0733. The third-order valence-corrected chi connectivity index (χ3v) is 5.00. The van der Waals surface area contributed by atoms with Gasteiger partial charge in [-0.05, 0) is 49.3 Å². The van der Waals surface area contributed by atoms with E-state index in [-0.39, 0.29) is 11.3 Å². The van der Waals surface area contributed by atoms with E-state index in [2.05, 4.69) is 12.6 Å². The topological polar surface area (TPSA) is 26.3 Å². The first-order valence-electron chi connectivity index (χ1n) is 8.09. The zero-order valence-corrected chi connectivity index (χ0v) is 14.2. The van der Waals surface area contributed by atoms with Crippen molar-refractivity contribution in [2.75, 3.05) is 0 Å². The molecule has 6 heteroatoms. The Labute approximate surface area is 149 Å². The molecule has 0 unspecified atom stereocenters. The summed E-state index contributed by atoms with van der Waals surface area (Å²) in [5, 5.41) is 0.460. The van der Waals surface area contributed by atoms with Crippen LogP contribution in [-0.4, -0.2) is 11.2 Å². The lowest BCUT2D eigenvalue weighted by Gasteiger charge is -2.26. The van der Waals surface area contributed by atoms with Crippen molar-refractivity contribution in [1.29, 1.82) is 0 Å². The molecular formula is C19H17F3O2S. The van der Waals surface area contributed by atoms with Gasteiger partial charge in [-0.3, -0.25) is 0 Å². The highest BCUT2D eigenvalue weighted by atomic mass is 32.1. The van der Waals surface area contributed by atoms with Crippen LogP contribution >= 0.6 is 12.6 Å². The number of hydrogen-bond acceptors (Lipinski definition) is 3. The molecule has 0 amide bonds. The Balaban J connectivity index is 1.69.